The van der Waals surface area contributed by atoms with E-state index >= 15 is 0 Å². The molecule has 7 heteroatoms. The van der Waals surface area contributed by atoms with Crippen molar-refractivity contribution in [2.75, 3.05) is 11.9 Å². The van der Waals surface area contributed by atoms with E-state index in [1.54, 1.807) is 4.68 Å². The van der Waals surface area contributed by atoms with Gasteiger partial charge in [-0.2, -0.15) is 5.10 Å². The van der Waals surface area contributed by atoms with Crippen molar-refractivity contribution in [2.45, 2.75) is 20.4 Å². The number of benzene rings is 1. The molecule has 0 radical (unpaired) electrons. The molecule has 0 aliphatic rings. The number of amides is 3. The van der Waals surface area contributed by atoms with Gasteiger partial charge in [-0.15, -0.1) is 0 Å². The molecule has 23 heavy (non-hydrogen) atoms. The highest BCUT2D eigenvalue weighted by Gasteiger charge is 2.12. The molecule has 0 atom stereocenters. The van der Waals surface area contributed by atoms with E-state index in [9.17, 15) is 9.59 Å². The van der Waals surface area contributed by atoms with Crippen LogP contribution in [0.3, 0.4) is 0 Å². The predicted octanol–water partition coefficient (Wildman–Crippen LogP) is 1.47. The molecule has 1 heterocycles. The van der Waals surface area contributed by atoms with Gasteiger partial charge in [-0.3, -0.25) is 9.48 Å². The van der Waals surface area contributed by atoms with E-state index in [4.69, 9.17) is 0 Å². The first kappa shape index (κ1) is 16.5. The van der Waals surface area contributed by atoms with Crippen molar-refractivity contribution in [1.29, 1.82) is 0 Å². The number of nitrogens with one attached hydrogen (secondary N) is 3. The zero-order chi connectivity index (χ0) is 16.8. The van der Waals surface area contributed by atoms with Gasteiger partial charge in [0.15, 0.2) is 0 Å². The molecular weight excluding hydrogens is 294 g/mol. The van der Waals surface area contributed by atoms with Crippen LogP contribution < -0.4 is 16.0 Å². The number of aryl methyl sites for hydroxylation is 2. The summed E-state index contributed by atoms with van der Waals surface area (Å²) in [6.07, 6.45) is 0. The molecule has 2 rings (SSSR count). The standard InChI is InChI=1S/C16H21N5O2/c1-11-15(12(2)21(3)20-11)19-14(22)10-18-16(23)17-9-13-7-5-4-6-8-13/h4-8H,9-10H2,1-3H3,(H,19,22)(H2,17,18,23). The van der Waals surface area contributed by atoms with Gasteiger partial charge in [0.25, 0.3) is 0 Å². The van der Waals surface area contributed by atoms with Gasteiger partial charge in [0, 0.05) is 13.6 Å². The third kappa shape index (κ3) is 4.57. The lowest BCUT2D eigenvalue weighted by Gasteiger charge is -2.09. The van der Waals surface area contributed by atoms with Crippen LogP contribution in [0, 0.1) is 13.8 Å². The predicted molar refractivity (Wildman–Crippen MR) is 88.0 cm³/mol. The number of hydrogen-bond donors (Lipinski definition) is 3. The Bertz CT molecular complexity index is 694. The van der Waals surface area contributed by atoms with E-state index in [0.29, 0.717) is 12.2 Å². The number of hydrogen-bond acceptors (Lipinski definition) is 3. The number of rotatable bonds is 5. The highest BCUT2D eigenvalue weighted by molar-refractivity contribution is 5.95. The average molecular weight is 315 g/mol. The molecule has 2 aromatic rings. The number of urea groups is 1. The monoisotopic (exact) mass is 315 g/mol. The van der Waals surface area contributed by atoms with Crippen LogP contribution in [-0.4, -0.2) is 28.3 Å². The summed E-state index contributed by atoms with van der Waals surface area (Å²) in [5, 5.41) is 12.2. The topological polar surface area (TPSA) is 88.1 Å². The summed E-state index contributed by atoms with van der Waals surface area (Å²) in [5.74, 6) is -0.293. The fourth-order valence-corrected chi connectivity index (χ4v) is 2.14. The molecule has 0 aliphatic carbocycles. The van der Waals surface area contributed by atoms with Crippen molar-refractivity contribution in [3.63, 3.8) is 0 Å². The number of nitrogens with zero attached hydrogens (tertiary/aromatic N) is 2. The van der Waals surface area contributed by atoms with E-state index in [1.165, 1.54) is 0 Å². The van der Waals surface area contributed by atoms with E-state index in [0.717, 1.165) is 17.0 Å². The lowest BCUT2D eigenvalue weighted by Crippen LogP contribution is -2.39. The van der Waals surface area contributed by atoms with Crippen molar-refractivity contribution in [2.24, 2.45) is 7.05 Å². The van der Waals surface area contributed by atoms with Crippen molar-refractivity contribution in [1.82, 2.24) is 20.4 Å². The normalized spacial score (nSPS) is 10.2. The molecule has 1 aromatic carbocycles. The largest absolute Gasteiger partial charge is 0.334 e. The minimum absolute atomic E-state index is 0.103. The molecule has 0 unspecified atom stereocenters. The average Bonchev–Trinajstić information content (AvgIpc) is 2.78. The zero-order valence-corrected chi connectivity index (χ0v) is 13.5. The van der Waals surface area contributed by atoms with Gasteiger partial charge >= 0.3 is 6.03 Å². The van der Waals surface area contributed by atoms with E-state index < -0.39 is 0 Å². The molecule has 3 amide bonds. The summed E-state index contributed by atoms with van der Waals surface area (Å²) in [6, 6.07) is 9.17. The Hall–Kier alpha value is -2.83. The third-order valence-corrected chi connectivity index (χ3v) is 3.48. The summed E-state index contributed by atoms with van der Waals surface area (Å²) >= 11 is 0. The lowest BCUT2D eigenvalue weighted by atomic mass is 10.2. The fraction of sp³-hybridized carbons (Fsp3) is 0.312. The Morgan fingerprint density at radius 2 is 1.83 bits per heavy atom. The van der Waals surface area contributed by atoms with Crippen molar-refractivity contribution < 1.29 is 9.59 Å². The Morgan fingerprint density at radius 1 is 1.13 bits per heavy atom. The maximum Gasteiger partial charge on any atom is 0.315 e. The fourth-order valence-electron chi connectivity index (χ4n) is 2.14. The number of anilines is 1. The summed E-state index contributed by atoms with van der Waals surface area (Å²) in [4.78, 5) is 23.6. The molecule has 0 spiro atoms. The van der Waals surface area contributed by atoms with E-state index in [1.807, 2.05) is 51.2 Å². The quantitative estimate of drug-likeness (QED) is 0.781. The number of carbonyl (C=O) groups is 2. The maximum atomic E-state index is 11.9. The molecule has 3 N–H and O–H groups in total. The minimum Gasteiger partial charge on any atom is -0.334 e. The van der Waals surface area contributed by atoms with E-state index in [2.05, 4.69) is 21.0 Å². The van der Waals surface area contributed by atoms with Crippen LogP contribution >= 0.6 is 0 Å². The summed E-state index contributed by atoms with van der Waals surface area (Å²) in [5.41, 5.74) is 3.29. The number of aromatic nitrogens is 2. The molecular formula is C16H21N5O2. The smallest absolute Gasteiger partial charge is 0.315 e. The van der Waals surface area contributed by atoms with Crippen molar-refractivity contribution in [3.8, 4) is 0 Å². The maximum absolute atomic E-state index is 11.9. The van der Waals surface area contributed by atoms with Crippen LogP contribution in [0.4, 0.5) is 10.5 Å². The minimum atomic E-state index is -0.386. The third-order valence-electron chi connectivity index (χ3n) is 3.48. The second kappa shape index (κ2) is 7.44. The zero-order valence-electron chi connectivity index (χ0n) is 13.5. The summed E-state index contributed by atoms with van der Waals surface area (Å²) < 4.78 is 1.70. The highest BCUT2D eigenvalue weighted by Crippen LogP contribution is 2.17. The first-order valence-corrected chi connectivity index (χ1v) is 7.33. The van der Waals surface area contributed by atoms with Crippen molar-refractivity contribution in [3.05, 3.63) is 47.3 Å². The van der Waals surface area contributed by atoms with Crippen LogP contribution in [-0.2, 0) is 18.4 Å². The first-order chi connectivity index (χ1) is 11.0. The highest BCUT2D eigenvalue weighted by atomic mass is 16.2. The van der Waals surface area contributed by atoms with Crippen LogP contribution in [0.15, 0.2) is 30.3 Å². The van der Waals surface area contributed by atoms with Gasteiger partial charge in [-0.25, -0.2) is 4.79 Å². The van der Waals surface area contributed by atoms with Crippen LogP contribution in [0.25, 0.3) is 0 Å². The molecule has 122 valence electrons. The molecule has 0 fully saturated rings. The Balaban J connectivity index is 1.76. The molecule has 1 aromatic heterocycles. The lowest BCUT2D eigenvalue weighted by molar-refractivity contribution is -0.115. The SMILES string of the molecule is Cc1nn(C)c(C)c1NC(=O)CNC(=O)NCc1ccccc1. The van der Waals surface area contributed by atoms with Gasteiger partial charge < -0.3 is 16.0 Å². The molecule has 0 aliphatic heterocycles. The Labute approximate surface area is 135 Å². The second-order valence-corrected chi connectivity index (χ2v) is 5.24. The molecule has 0 saturated heterocycles. The Kier molecular flexibility index (Phi) is 5.35. The number of carbonyl (C=O) groups excluding carboxylic acids is 2. The van der Waals surface area contributed by atoms with Gasteiger partial charge in [0.2, 0.25) is 5.91 Å². The molecule has 0 saturated carbocycles. The van der Waals surface area contributed by atoms with Crippen molar-refractivity contribution >= 4 is 17.6 Å². The van der Waals surface area contributed by atoms with Gasteiger partial charge in [0.1, 0.15) is 0 Å². The molecule has 0 bridgehead atoms. The van der Waals surface area contributed by atoms with Gasteiger partial charge in [-0.1, -0.05) is 30.3 Å². The van der Waals surface area contributed by atoms with Crippen LogP contribution in [0.5, 0.6) is 0 Å². The second-order valence-electron chi connectivity index (χ2n) is 5.24. The van der Waals surface area contributed by atoms with Gasteiger partial charge in [0.05, 0.1) is 23.6 Å². The summed E-state index contributed by atoms with van der Waals surface area (Å²) in [6.45, 7) is 4.00. The van der Waals surface area contributed by atoms with E-state index in [-0.39, 0.29) is 18.5 Å². The van der Waals surface area contributed by atoms with Crippen LogP contribution in [0.2, 0.25) is 0 Å². The van der Waals surface area contributed by atoms with Crippen LogP contribution in [0.1, 0.15) is 17.0 Å². The van der Waals surface area contributed by atoms with Gasteiger partial charge in [-0.05, 0) is 19.4 Å². The molecule has 7 nitrogen and oxygen atoms in total. The summed E-state index contributed by atoms with van der Waals surface area (Å²) in [7, 11) is 1.81. The Morgan fingerprint density at radius 3 is 2.43 bits per heavy atom. The first-order valence-electron chi connectivity index (χ1n) is 7.33.